The molecule has 3 rings (SSSR count). The van der Waals surface area contributed by atoms with Gasteiger partial charge in [0.05, 0.1) is 11.0 Å². The van der Waals surface area contributed by atoms with Crippen LogP contribution in [-0.2, 0) is 27.5 Å². The third-order valence-corrected chi connectivity index (χ3v) is 4.85. The van der Waals surface area contributed by atoms with Gasteiger partial charge in [-0.15, -0.1) is 0 Å². The summed E-state index contributed by atoms with van der Waals surface area (Å²) in [5, 5.41) is 2.67. The van der Waals surface area contributed by atoms with Crippen LogP contribution in [0.5, 0.6) is 0 Å². The molecule has 140 valence electrons. The Kier molecular flexibility index (Phi) is 5.53. The van der Waals surface area contributed by atoms with Crippen LogP contribution in [0.4, 0.5) is 0 Å². The first kappa shape index (κ1) is 18.3. The maximum atomic E-state index is 12.9. The van der Waals surface area contributed by atoms with E-state index < -0.39 is 0 Å². The summed E-state index contributed by atoms with van der Waals surface area (Å²) in [6.45, 7) is 2.19. The smallest absolute Gasteiger partial charge is 0.242 e. The summed E-state index contributed by atoms with van der Waals surface area (Å²) in [5.74, 6) is 0.629. The van der Waals surface area contributed by atoms with Gasteiger partial charge in [-0.2, -0.15) is 0 Å². The molecule has 8 nitrogen and oxygen atoms in total. The fourth-order valence-corrected chi connectivity index (χ4v) is 3.33. The molecular formula is C18H25N5O3. The molecule has 1 aliphatic rings. The van der Waals surface area contributed by atoms with Crippen LogP contribution in [-0.4, -0.2) is 78.0 Å². The molecule has 1 saturated heterocycles. The molecule has 1 aliphatic heterocycles. The lowest BCUT2D eigenvalue weighted by molar-refractivity contribution is -0.137. The van der Waals surface area contributed by atoms with Crippen molar-refractivity contribution in [2.24, 2.45) is 0 Å². The Bertz CT molecular complexity index is 803. The molecule has 0 spiro atoms. The lowest BCUT2D eigenvalue weighted by Gasteiger charge is -2.38. The van der Waals surface area contributed by atoms with Crippen LogP contribution in [0.1, 0.15) is 5.82 Å². The molecule has 1 aromatic carbocycles. The number of imidazole rings is 1. The maximum Gasteiger partial charge on any atom is 0.242 e. The Labute approximate surface area is 152 Å². The summed E-state index contributed by atoms with van der Waals surface area (Å²) >= 11 is 0. The molecule has 0 radical (unpaired) electrons. The third kappa shape index (κ3) is 3.56. The molecule has 0 aliphatic carbocycles. The molecule has 1 atom stereocenters. The summed E-state index contributed by atoms with van der Waals surface area (Å²) in [6.07, 6.45) is 0. The highest BCUT2D eigenvalue weighted by Crippen LogP contribution is 2.18. The first-order valence-electron chi connectivity index (χ1n) is 8.67. The number of hydrogen-bond acceptors (Lipinski definition) is 5. The van der Waals surface area contributed by atoms with Gasteiger partial charge in [0.15, 0.2) is 0 Å². The number of ether oxygens (including phenoxy) is 1. The summed E-state index contributed by atoms with van der Waals surface area (Å²) in [4.78, 5) is 33.3. The number of amides is 2. The van der Waals surface area contributed by atoms with Gasteiger partial charge in [0, 0.05) is 33.8 Å². The minimum absolute atomic E-state index is 0.0208. The molecule has 1 N–H and O–H groups in total. The second-order valence-electron chi connectivity index (χ2n) is 6.49. The Morgan fingerprint density at radius 1 is 1.31 bits per heavy atom. The number of para-hydroxylation sites is 2. The second-order valence-corrected chi connectivity index (χ2v) is 6.49. The van der Waals surface area contributed by atoms with Crippen molar-refractivity contribution < 1.29 is 14.3 Å². The lowest BCUT2D eigenvalue weighted by atomic mass is 10.1. The summed E-state index contributed by atoms with van der Waals surface area (Å²) in [7, 11) is 5.13. The molecule has 2 amide bonds. The third-order valence-electron chi connectivity index (χ3n) is 4.85. The van der Waals surface area contributed by atoms with E-state index in [1.165, 1.54) is 0 Å². The molecule has 1 fully saturated rings. The second kappa shape index (κ2) is 7.84. The molecule has 2 heterocycles. The Morgan fingerprint density at radius 2 is 2.08 bits per heavy atom. The van der Waals surface area contributed by atoms with Crippen molar-refractivity contribution in [1.29, 1.82) is 0 Å². The highest BCUT2D eigenvalue weighted by atomic mass is 16.5. The number of rotatable bonds is 5. The number of fused-ring (bicyclic) bond motifs is 1. The predicted octanol–water partition coefficient (Wildman–Crippen LogP) is 0.0713. The van der Waals surface area contributed by atoms with Crippen LogP contribution < -0.4 is 5.32 Å². The molecule has 1 aromatic heterocycles. The Morgan fingerprint density at radius 3 is 2.81 bits per heavy atom. The quantitative estimate of drug-likeness (QED) is 0.817. The van der Waals surface area contributed by atoms with E-state index in [1.807, 2.05) is 40.8 Å². The lowest BCUT2D eigenvalue weighted by Crippen LogP contribution is -2.58. The highest BCUT2D eigenvalue weighted by Gasteiger charge is 2.32. The van der Waals surface area contributed by atoms with Gasteiger partial charge in [-0.05, 0) is 19.2 Å². The van der Waals surface area contributed by atoms with Crippen molar-refractivity contribution in [1.82, 2.24) is 24.7 Å². The van der Waals surface area contributed by atoms with Crippen molar-refractivity contribution >= 4 is 22.8 Å². The first-order valence-corrected chi connectivity index (χ1v) is 8.67. The van der Waals surface area contributed by atoms with Gasteiger partial charge in [-0.3, -0.25) is 14.5 Å². The average molecular weight is 359 g/mol. The van der Waals surface area contributed by atoms with Gasteiger partial charge in [0.25, 0.3) is 0 Å². The van der Waals surface area contributed by atoms with Crippen LogP contribution >= 0.6 is 0 Å². The normalized spacial score (nSPS) is 18.3. The average Bonchev–Trinajstić information content (AvgIpc) is 2.99. The van der Waals surface area contributed by atoms with E-state index in [0.29, 0.717) is 26.2 Å². The number of hydrogen-bond donors (Lipinski definition) is 1. The van der Waals surface area contributed by atoms with Crippen LogP contribution in [0, 0.1) is 0 Å². The van der Waals surface area contributed by atoms with E-state index in [-0.39, 0.29) is 24.4 Å². The fourth-order valence-electron chi connectivity index (χ4n) is 3.33. The fraction of sp³-hybridized carbons (Fsp3) is 0.500. The largest absolute Gasteiger partial charge is 0.377 e. The SMILES string of the molecule is CNC(=O)[C@@H]1CN(C(=O)Cn2c(COC)nc3ccccc32)CCN1C. The van der Waals surface area contributed by atoms with E-state index in [2.05, 4.69) is 10.3 Å². The molecule has 2 aromatic rings. The van der Waals surface area contributed by atoms with E-state index in [0.717, 1.165) is 16.9 Å². The van der Waals surface area contributed by atoms with Gasteiger partial charge >= 0.3 is 0 Å². The van der Waals surface area contributed by atoms with Gasteiger partial charge < -0.3 is 19.5 Å². The molecule has 0 saturated carbocycles. The maximum absolute atomic E-state index is 12.9. The number of piperazine rings is 1. The number of carbonyl (C=O) groups excluding carboxylic acids is 2. The molecule has 26 heavy (non-hydrogen) atoms. The zero-order chi connectivity index (χ0) is 18.7. The van der Waals surface area contributed by atoms with Crippen LogP contribution in [0.15, 0.2) is 24.3 Å². The van der Waals surface area contributed by atoms with Crippen molar-refractivity contribution in [2.75, 3.05) is 40.8 Å². The van der Waals surface area contributed by atoms with E-state index in [1.54, 1.807) is 19.1 Å². The first-order chi connectivity index (χ1) is 12.5. The van der Waals surface area contributed by atoms with Crippen LogP contribution in [0.25, 0.3) is 11.0 Å². The van der Waals surface area contributed by atoms with Gasteiger partial charge in [-0.25, -0.2) is 4.98 Å². The monoisotopic (exact) mass is 359 g/mol. The zero-order valence-electron chi connectivity index (χ0n) is 15.4. The van der Waals surface area contributed by atoms with Crippen LogP contribution in [0.3, 0.4) is 0 Å². The summed E-state index contributed by atoms with van der Waals surface area (Å²) in [5.41, 5.74) is 1.75. The predicted molar refractivity (Wildman–Crippen MR) is 97.5 cm³/mol. The number of benzene rings is 1. The van der Waals surface area contributed by atoms with Crippen molar-refractivity contribution in [3.63, 3.8) is 0 Å². The number of aromatic nitrogens is 2. The minimum Gasteiger partial charge on any atom is -0.377 e. The van der Waals surface area contributed by atoms with Gasteiger partial charge in [0.1, 0.15) is 25.0 Å². The highest BCUT2D eigenvalue weighted by molar-refractivity contribution is 5.84. The molecule has 8 heteroatoms. The summed E-state index contributed by atoms with van der Waals surface area (Å²) < 4.78 is 7.13. The van der Waals surface area contributed by atoms with Crippen LogP contribution in [0.2, 0.25) is 0 Å². The van der Waals surface area contributed by atoms with Crippen molar-refractivity contribution in [3.05, 3.63) is 30.1 Å². The Balaban J connectivity index is 1.80. The van der Waals surface area contributed by atoms with E-state index in [9.17, 15) is 9.59 Å². The molecule has 0 unspecified atom stereocenters. The minimum atomic E-state index is -0.323. The Hall–Kier alpha value is -2.45. The topological polar surface area (TPSA) is 79.7 Å². The van der Waals surface area contributed by atoms with Gasteiger partial charge in [-0.1, -0.05) is 12.1 Å². The summed E-state index contributed by atoms with van der Waals surface area (Å²) in [6, 6.07) is 7.40. The number of nitrogens with one attached hydrogen (secondary N) is 1. The van der Waals surface area contributed by atoms with Gasteiger partial charge in [0.2, 0.25) is 11.8 Å². The zero-order valence-corrected chi connectivity index (χ0v) is 15.4. The molecular weight excluding hydrogens is 334 g/mol. The van der Waals surface area contributed by atoms with E-state index in [4.69, 9.17) is 4.74 Å². The van der Waals surface area contributed by atoms with Crippen molar-refractivity contribution in [3.8, 4) is 0 Å². The number of likely N-dealkylation sites (N-methyl/N-ethyl adjacent to an activating group) is 2. The van der Waals surface area contributed by atoms with E-state index >= 15 is 0 Å². The number of nitrogens with zero attached hydrogens (tertiary/aromatic N) is 4. The number of methoxy groups -OCH3 is 1. The standard InChI is InChI=1S/C18H25N5O3/c1-19-18(25)15-10-22(9-8-21(15)2)17(24)11-23-14-7-5-4-6-13(14)20-16(23)12-26-3/h4-7,15H,8-12H2,1-3H3,(H,19,25)/t15-/m0/s1. The number of carbonyl (C=O) groups is 2. The molecule has 0 bridgehead atoms. The van der Waals surface area contributed by atoms with Crippen molar-refractivity contribution in [2.45, 2.75) is 19.2 Å².